The number of hydrogen-bond donors (Lipinski definition) is 1. The van der Waals surface area contributed by atoms with E-state index in [-0.39, 0.29) is 12.5 Å². The third-order valence-electron chi connectivity index (χ3n) is 1.98. The summed E-state index contributed by atoms with van der Waals surface area (Å²) in [6, 6.07) is 0. The van der Waals surface area contributed by atoms with Crippen LogP contribution in [0, 0.1) is 5.92 Å². The molecule has 0 amide bonds. The molecule has 0 saturated carbocycles. The molecule has 0 saturated heterocycles. The molecular formula is C8H17NO3. The molecule has 12 heavy (non-hydrogen) atoms. The summed E-state index contributed by atoms with van der Waals surface area (Å²) in [5, 5.41) is 0. The van der Waals surface area contributed by atoms with Crippen molar-refractivity contribution < 1.29 is 14.3 Å². The van der Waals surface area contributed by atoms with Crippen molar-refractivity contribution >= 4 is 5.97 Å². The first-order chi connectivity index (χ1) is 5.49. The van der Waals surface area contributed by atoms with E-state index in [1.807, 2.05) is 13.8 Å². The Hall–Kier alpha value is -0.610. The lowest BCUT2D eigenvalue weighted by atomic mass is 9.88. The Morgan fingerprint density at radius 3 is 2.25 bits per heavy atom. The van der Waals surface area contributed by atoms with Crippen LogP contribution in [0.2, 0.25) is 0 Å². The number of rotatable bonds is 4. The second kappa shape index (κ2) is 4.42. The summed E-state index contributed by atoms with van der Waals surface area (Å²) >= 11 is 0. The van der Waals surface area contributed by atoms with Crippen molar-refractivity contribution in [3.8, 4) is 0 Å². The van der Waals surface area contributed by atoms with Gasteiger partial charge in [-0.2, -0.15) is 0 Å². The van der Waals surface area contributed by atoms with E-state index >= 15 is 0 Å². The van der Waals surface area contributed by atoms with Crippen LogP contribution in [0.5, 0.6) is 0 Å². The third-order valence-corrected chi connectivity index (χ3v) is 1.98. The van der Waals surface area contributed by atoms with E-state index in [4.69, 9.17) is 10.5 Å². The van der Waals surface area contributed by atoms with Crippen LogP contribution in [-0.2, 0) is 14.3 Å². The largest absolute Gasteiger partial charge is 0.468 e. The van der Waals surface area contributed by atoms with E-state index in [0.29, 0.717) is 0 Å². The quantitative estimate of drug-likeness (QED) is 0.618. The maximum atomic E-state index is 11.2. The standard InChI is InChI=1S/C8H17NO3/c1-6(2)8(9,5-11-3)7(10)12-4/h6H,5,9H2,1-4H3. The van der Waals surface area contributed by atoms with Crippen LogP contribution in [0.3, 0.4) is 0 Å². The Balaban J connectivity index is 4.49. The SMILES string of the molecule is COCC(N)(C(=O)OC)C(C)C. The van der Waals surface area contributed by atoms with Crippen LogP contribution in [0.4, 0.5) is 0 Å². The lowest BCUT2D eigenvalue weighted by molar-refractivity contribution is -0.151. The van der Waals surface area contributed by atoms with Crippen molar-refractivity contribution in [2.24, 2.45) is 11.7 Å². The molecule has 0 spiro atoms. The highest BCUT2D eigenvalue weighted by Crippen LogP contribution is 2.15. The van der Waals surface area contributed by atoms with Crippen molar-refractivity contribution in [3.63, 3.8) is 0 Å². The number of ether oxygens (including phenoxy) is 2. The average Bonchev–Trinajstić information content (AvgIpc) is 2.03. The molecule has 0 radical (unpaired) electrons. The van der Waals surface area contributed by atoms with Crippen LogP contribution in [0.25, 0.3) is 0 Å². The van der Waals surface area contributed by atoms with E-state index in [1.54, 1.807) is 0 Å². The summed E-state index contributed by atoms with van der Waals surface area (Å²) in [7, 11) is 2.83. The van der Waals surface area contributed by atoms with Gasteiger partial charge in [0.2, 0.25) is 0 Å². The number of carbonyl (C=O) groups excluding carboxylic acids is 1. The van der Waals surface area contributed by atoms with Gasteiger partial charge in [-0.1, -0.05) is 13.8 Å². The van der Waals surface area contributed by atoms with E-state index in [2.05, 4.69) is 4.74 Å². The van der Waals surface area contributed by atoms with Crippen LogP contribution in [0.1, 0.15) is 13.8 Å². The molecule has 0 aromatic carbocycles. The van der Waals surface area contributed by atoms with Crippen molar-refractivity contribution in [1.82, 2.24) is 0 Å². The predicted octanol–water partition coefficient (Wildman–Crippen LogP) is 0.159. The molecule has 1 unspecified atom stereocenters. The van der Waals surface area contributed by atoms with Gasteiger partial charge in [0.15, 0.2) is 0 Å². The van der Waals surface area contributed by atoms with Crippen molar-refractivity contribution in [2.75, 3.05) is 20.8 Å². The van der Waals surface area contributed by atoms with Crippen molar-refractivity contribution in [3.05, 3.63) is 0 Å². The average molecular weight is 175 g/mol. The monoisotopic (exact) mass is 175 g/mol. The highest BCUT2D eigenvalue weighted by Gasteiger charge is 2.38. The smallest absolute Gasteiger partial charge is 0.328 e. The topological polar surface area (TPSA) is 61.5 Å². The molecule has 0 bridgehead atoms. The van der Waals surface area contributed by atoms with Gasteiger partial charge >= 0.3 is 5.97 Å². The summed E-state index contributed by atoms with van der Waals surface area (Å²) in [5.74, 6) is -0.441. The molecule has 0 heterocycles. The molecule has 0 aromatic rings. The molecule has 0 fully saturated rings. The van der Waals surface area contributed by atoms with Gasteiger partial charge in [0.1, 0.15) is 5.54 Å². The number of nitrogens with two attached hydrogens (primary N) is 1. The Bertz CT molecular complexity index is 158. The Morgan fingerprint density at radius 1 is 1.50 bits per heavy atom. The number of esters is 1. The van der Waals surface area contributed by atoms with Gasteiger partial charge in [-0.3, -0.25) is 0 Å². The second-order valence-corrected chi connectivity index (χ2v) is 3.12. The zero-order chi connectivity index (χ0) is 9.78. The molecule has 4 heteroatoms. The second-order valence-electron chi connectivity index (χ2n) is 3.12. The maximum Gasteiger partial charge on any atom is 0.328 e. The normalized spacial score (nSPS) is 15.8. The van der Waals surface area contributed by atoms with Crippen LogP contribution in [0.15, 0.2) is 0 Å². The molecule has 4 nitrogen and oxygen atoms in total. The van der Waals surface area contributed by atoms with Crippen LogP contribution < -0.4 is 5.73 Å². The van der Waals surface area contributed by atoms with Crippen LogP contribution >= 0.6 is 0 Å². The Labute approximate surface area is 73.0 Å². The molecule has 2 N–H and O–H groups in total. The minimum Gasteiger partial charge on any atom is -0.468 e. The Morgan fingerprint density at radius 2 is 2.00 bits per heavy atom. The van der Waals surface area contributed by atoms with Gasteiger partial charge in [0.05, 0.1) is 13.7 Å². The number of carbonyl (C=O) groups is 1. The van der Waals surface area contributed by atoms with E-state index in [0.717, 1.165) is 0 Å². The fraction of sp³-hybridized carbons (Fsp3) is 0.875. The van der Waals surface area contributed by atoms with Gasteiger partial charge in [0.25, 0.3) is 0 Å². The van der Waals surface area contributed by atoms with Gasteiger partial charge in [-0.05, 0) is 5.92 Å². The van der Waals surface area contributed by atoms with Gasteiger partial charge in [-0.25, -0.2) is 4.79 Å². The van der Waals surface area contributed by atoms with Gasteiger partial charge in [-0.15, -0.1) is 0 Å². The highest BCUT2D eigenvalue weighted by atomic mass is 16.5. The molecule has 0 aliphatic carbocycles. The van der Waals surface area contributed by atoms with Gasteiger partial charge in [0, 0.05) is 7.11 Å². The summed E-state index contributed by atoms with van der Waals surface area (Å²) in [6.45, 7) is 3.89. The van der Waals surface area contributed by atoms with Crippen LogP contribution in [-0.4, -0.2) is 32.3 Å². The summed E-state index contributed by atoms with van der Waals surface area (Å²) < 4.78 is 9.45. The Kier molecular flexibility index (Phi) is 4.20. The van der Waals surface area contributed by atoms with E-state index in [9.17, 15) is 4.79 Å². The summed E-state index contributed by atoms with van der Waals surface area (Å²) in [6.07, 6.45) is 0. The molecule has 0 aliphatic heterocycles. The number of hydrogen-bond acceptors (Lipinski definition) is 4. The maximum absolute atomic E-state index is 11.2. The summed E-state index contributed by atoms with van der Waals surface area (Å²) in [4.78, 5) is 11.2. The zero-order valence-corrected chi connectivity index (χ0v) is 8.09. The molecule has 0 aromatic heterocycles. The van der Waals surface area contributed by atoms with E-state index < -0.39 is 11.5 Å². The molecule has 0 aliphatic rings. The molecule has 0 rings (SSSR count). The predicted molar refractivity (Wildman–Crippen MR) is 45.6 cm³/mol. The minimum atomic E-state index is -1.02. The fourth-order valence-electron chi connectivity index (χ4n) is 0.890. The number of methoxy groups -OCH3 is 2. The minimum absolute atomic E-state index is 0.00935. The third kappa shape index (κ3) is 2.19. The molecular weight excluding hydrogens is 158 g/mol. The fourth-order valence-corrected chi connectivity index (χ4v) is 0.890. The van der Waals surface area contributed by atoms with Gasteiger partial charge < -0.3 is 15.2 Å². The molecule has 72 valence electrons. The van der Waals surface area contributed by atoms with Crippen molar-refractivity contribution in [1.29, 1.82) is 0 Å². The highest BCUT2D eigenvalue weighted by molar-refractivity contribution is 5.81. The lowest BCUT2D eigenvalue weighted by Gasteiger charge is -2.29. The zero-order valence-electron chi connectivity index (χ0n) is 8.09. The first-order valence-corrected chi connectivity index (χ1v) is 3.85. The first-order valence-electron chi connectivity index (χ1n) is 3.85. The summed E-state index contributed by atoms with van der Waals surface area (Å²) in [5.41, 5.74) is 4.78. The lowest BCUT2D eigenvalue weighted by Crippen LogP contribution is -2.56. The first kappa shape index (κ1) is 11.4. The molecule has 1 atom stereocenters. The van der Waals surface area contributed by atoms with Crippen molar-refractivity contribution in [2.45, 2.75) is 19.4 Å². The van der Waals surface area contributed by atoms with E-state index in [1.165, 1.54) is 14.2 Å².